The highest BCUT2D eigenvalue weighted by Crippen LogP contribution is 2.17. The summed E-state index contributed by atoms with van der Waals surface area (Å²) < 4.78 is 5.47. The van der Waals surface area contributed by atoms with Gasteiger partial charge < -0.3 is 10.1 Å². The standard InChI is InChI=1S/C20H22ClNO3/c1-3-17(4-2)22-19(23)13-25-18-11-7-15(8-12-18)20(24)14-5-9-16(21)10-6-14/h5-12,17H,3-4,13H2,1-2H3,(H,22,23). The molecule has 2 rings (SSSR count). The average molecular weight is 360 g/mol. The fourth-order valence-electron chi connectivity index (χ4n) is 2.38. The molecule has 0 aliphatic carbocycles. The minimum Gasteiger partial charge on any atom is -0.484 e. The van der Waals surface area contributed by atoms with Crippen LogP contribution in [0, 0.1) is 0 Å². The monoisotopic (exact) mass is 359 g/mol. The van der Waals surface area contributed by atoms with Gasteiger partial charge in [-0.1, -0.05) is 25.4 Å². The van der Waals surface area contributed by atoms with E-state index in [-0.39, 0.29) is 24.3 Å². The van der Waals surface area contributed by atoms with Crippen molar-refractivity contribution in [3.8, 4) is 5.75 Å². The van der Waals surface area contributed by atoms with Crippen molar-refractivity contribution in [2.75, 3.05) is 6.61 Å². The van der Waals surface area contributed by atoms with Crippen molar-refractivity contribution in [1.82, 2.24) is 5.32 Å². The van der Waals surface area contributed by atoms with Crippen molar-refractivity contribution in [3.05, 3.63) is 64.7 Å². The number of ether oxygens (including phenoxy) is 1. The van der Waals surface area contributed by atoms with Crippen LogP contribution in [0.3, 0.4) is 0 Å². The lowest BCUT2D eigenvalue weighted by Gasteiger charge is -2.15. The zero-order valence-corrected chi connectivity index (χ0v) is 15.2. The van der Waals surface area contributed by atoms with E-state index >= 15 is 0 Å². The lowest BCUT2D eigenvalue weighted by Crippen LogP contribution is -2.37. The van der Waals surface area contributed by atoms with Crippen LogP contribution in [0.25, 0.3) is 0 Å². The van der Waals surface area contributed by atoms with Gasteiger partial charge in [0.25, 0.3) is 5.91 Å². The molecule has 0 unspecified atom stereocenters. The minimum absolute atomic E-state index is 0.0407. The number of rotatable bonds is 8. The van der Waals surface area contributed by atoms with Gasteiger partial charge in [0, 0.05) is 22.2 Å². The predicted molar refractivity (Wildman–Crippen MR) is 99.3 cm³/mol. The van der Waals surface area contributed by atoms with E-state index in [0.29, 0.717) is 21.9 Å². The molecule has 0 spiro atoms. The molecule has 0 aliphatic rings. The Morgan fingerprint density at radius 2 is 1.48 bits per heavy atom. The number of hydrogen-bond donors (Lipinski definition) is 1. The van der Waals surface area contributed by atoms with Gasteiger partial charge in [0.15, 0.2) is 12.4 Å². The largest absolute Gasteiger partial charge is 0.484 e. The smallest absolute Gasteiger partial charge is 0.258 e. The fraction of sp³-hybridized carbons (Fsp3) is 0.300. The van der Waals surface area contributed by atoms with Gasteiger partial charge in [0.2, 0.25) is 0 Å². The number of carbonyl (C=O) groups is 2. The van der Waals surface area contributed by atoms with Crippen LogP contribution in [0.4, 0.5) is 0 Å². The second-order valence-electron chi connectivity index (χ2n) is 5.73. The third-order valence-corrected chi connectivity index (χ3v) is 4.20. The van der Waals surface area contributed by atoms with Gasteiger partial charge in [-0.25, -0.2) is 0 Å². The molecule has 0 radical (unpaired) electrons. The molecule has 4 nitrogen and oxygen atoms in total. The van der Waals surface area contributed by atoms with E-state index in [1.54, 1.807) is 48.5 Å². The molecular weight excluding hydrogens is 338 g/mol. The van der Waals surface area contributed by atoms with E-state index < -0.39 is 0 Å². The molecule has 1 N–H and O–H groups in total. The van der Waals surface area contributed by atoms with Crippen molar-refractivity contribution in [2.45, 2.75) is 32.7 Å². The molecule has 0 bridgehead atoms. The van der Waals surface area contributed by atoms with E-state index in [1.165, 1.54) is 0 Å². The first-order valence-corrected chi connectivity index (χ1v) is 8.73. The van der Waals surface area contributed by atoms with Gasteiger partial charge in [0.05, 0.1) is 0 Å². The molecule has 0 aromatic heterocycles. The number of benzene rings is 2. The zero-order chi connectivity index (χ0) is 18.2. The summed E-state index contributed by atoms with van der Waals surface area (Å²) in [5, 5.41) is 3.50. The number of nitrogens with one attached hydrogen (secondary N) is 1. The Hall–Kier alpha value is -2.33. The van der Waals surface area contributed by atoms with Crippen LogP contribution in [-0.4, -0.2) is 24.3 Å². The summed E-state index contributed by atoms with van der Waals surface area (Å²) in [5.41, 5.74) is 1.12. The first-order valence-electron chi connectivity index (χ1n) is 8.36. The highest BCUT2D eigenvalue weighted by Gasteiger charge is 2.11. The molecule has 5 heteroatoms. The molecule has 2 aromatic rings. The van der Waals surface area contributed by atoms with Gasteiger partial charge in [-0.15, -0.1) is 0 Å². The zero-order valence-electron chi connectivity index (χ0n) is 14.4. The SMILES string of the molecule is CCC(CC)NC(=O)COc1ccc(C(=O)c2ccc(Cl)cc2)cc1. The van der Waals surface area contributed by atoms with Crippen molar-refractivity contribution < 1.29 is 14.3 Å². The van der Waals surface area contributed by atoms with Crippen LogP contribution < -0.4 is 10.1 Å². The Labute approximate surface area is 153 Å². The van der Waals surface area contributed by atoms with E-state index in [0.717, 1.165) is 12.8 Å². The highest BCUT2D eigenvalue weighted by molar-refractivity contribution is 6.30. The lowest BCUT2D eigenvalue weighted by atomic mass is 10.0. The van der Waals surface area contributed by atoms with Crippen LogP contribution in [-0.2, 0) is 4.79 Å². The molecule has 2 aromatic carbocycles. The molecular formula is C20H22ClNO3. The Bertz CT molecular complexity index is 707. The van der Waals surface area contributed by atoms with Gasteiger partial charge in [-0.05, 0) is 61.4 Å². The normalized spacial score (nSPS) is 10.6. The predicted octanol–water partition coefficient (Wildman–Crippen LogP) is 4.25. The van der Waals surface area contributed by atoms with E-state index in [9.17, 15) is 9.59 Å². The van der Waals surface area contributed by atoms with Crippen molar-refractivity contribution in [2.24, 2.45) is 0 Å². The Balaban J connectivity index is 1.92. The molecule has 0 heterocycles. The quantitative estimate of drug-likeness (QED) is 0.717. The van der Waals surface area contributed by atoms with Crippen molar-refractivity contribution in [3.63, 3.8) is 0 Å². The van der Waals surface area contributed by atoms with E-state index in [2.05, 4.69) is 5.32 Å². The molecule has 0 saturated carbocycles. The Kier molecular flexibility index (Phi) is 7.02. The number of ketones is 1. The summed E-state index contributed by atoms with van der Waals surface area (Å²) in [6.07, 6.45) is 1.79. The third-order valence-electron chi connectivity index (χ3n) is 3.94. The molecule has 0 aliphatic heterocycles. The van der Waals surface area contributed by atoms with Crippen LogP contribution >= 0.6 is 11.6 Å². The third kappa shape index (κ3) is 5.61. The minimum atomic E-state index is -0.144. The second-order valence-corrected chi connectivity index (χ2v) is 6.17. The van der Waals surface area contributed by atoms with Crippen LogP contribution in [0.2, 0.25) is 5.02 Å². The molecule has 1 amide bonds. The summed E-state index contributed by atoms with van der Waals surface area (Å²) in [6.45, 7) is 4.03. The van der Waals surface area contributed by atoms with Crippen LogP contribution in [0.15, 0.2) is 48.5 Å². The maximum Gasteiger partial charge on any atom is 0.258 e. The molecule has 132 valence electrons. The Morgan fingerprint density at radius 1 is 0.960 bits per heavy atom. The van der Waals surface area contributed by atoms with Gasteiger partial charge >= 0.3 is 0 Å². The first-order chi connectivity index (χ1) is 12.0. The van der Waals surface area contributed by atoms with E-state index in [1.807, 2.05) is 13.8 Å². The van der Waals surface area contributed by atoms with Crippen LogP contribution in [0.5, 0.6) is 5.75 Å². The summed E-state index contributed by atoms with van der Waals surface area (Å²) in [5.74, 6) is 0.317. The number of hydrogen-bond acceptors (Lipinski definition) is 3. The maximum atomic E-state index is 12.4. The second kappa shape index (κ2) is 9.23. The number of amides is 1. The molecule has 0 saturated heterocycles. The van der Waals surface area contributed by atoms with Crippen molar-refractivity contribution in [1.29, 1.82) is 0 Å². The van der Waals surface area contributed by atoms with Gasteiger partial charge in [0.1, 0.15) is 5.75 Å². The van der Waals surface area contributed by atoms with E-state index in [4.69, 9.17) is 16.3 Å². The Morgan fingerprint density at radius 3 is 2.00 bits per heavy atom. The topological polar surface area (TPSA) is 55.4 Å². The fourth-order valence-corrected chi connectivity index (χ4v) is 2.51. The van der Waals surface area contributed by atoms with Crippen LogP contribution in [0.1, 0.15) is 42.6 Å². The highest BCUT2D eigenvalue weighted by atomic mass is 35.5. The molecule has 25 heavy (non-hydrogen) atoms. The summed E-state index contributed by atoms with van der Waals surface area (Å²) in [4.78, 5) is 24.2. The van der Waals surface area contributed by atoms with Gasteiger partial charge in [-0.3, -0.25) is 9.59 Å². The maximum absolute atomic E-state index is 12.4. The van der Waals surface area contributed by atoms with Gasteiger partial charge in [-0.2, -0.15) is 0 Å². The lowest BCUT2D eigenvalue weighted by molar-refractivity contribution is -0.123. The van der Waals surface area contributed by atoms with Crippen molar-refractivity contribution >= 4 is 23.3 Å². The summed E-state index contributed by atoms with van der Waals surface area (Å²) in [7, 11) is 0. The molecule has 0 fully saturated rings. The summed E-state index contributed by atoms with van der Waals surface area (Å²) >= 11 is 5.83. The average Bonchev–Trinajstić information content (AvgIpc) is 2.65. The number of halogens is 1. The first kappa shape index (κ1) is 19.0. The summed E-state index contributed by atoms with van der Waals surface area (Å²) in [6, 6.07) is 13.7. The molecule has 0 atom stereocenters. The number of carbonyl (C=O) groups excluding carboxylic acids is 2.